The normalized spacial score (nSPS) is 16.2. The second-order valence-electron chi connectivity index (χ2n) is 8.79. The summed E-state index contributed by atoms with van der Waals surface area (Å²) in [6.07, 6.45) is 0. The molecule has 6 nitrogen and oxygen atoms in total. The summed E-state index contributed by atoms with van der Waals surface area (Å²) in [5.41, 5.74) is 5.15. The second kappa shape index (κ2) is 10.1. The number of Topliss-reactive ketones (excluding diaryl/α,β-unsaturated/α-hetero) is 1. The number of hydrogen-bond acceptors (Lipinski definition) is 6. The van der Waals surface area contributed by atoms with Crippen molar-refractivity contribution >= 4 is 29.1 Å². The van der Waals surface area contributed by atoms with E-state index in [-0.39, 0.29) is 12.4 Å². The first-order valence-corrected chi connectivity index (χ1v) is 12.4. The molecule has 2 aliphatic rings. The largest absolute Gasteiger partial charge is 0.493 e. The van der Waals surface area contributed by atoms with Crippen LogP contribution < -0.4 is 14.8 Å². The molecule has 0 unspecified atom stereocenters. The van der Waals surface area contributed by atoms with Crippen LogP contribution in [-0.4, -0.2) is 25.5 Å². The number of rotatable bonds is 7. The van der Waals surface area contributed by atoms with Crippen molar-refractivity contribution in [2.24, 2.45) is 0 Å². The Hall–Kier alpha value is -4.03. The molecule has 5 rings (SSSR count). The van der Waals surface area contributed by atoms with Gasteiger partial charge in [0.15, 0.2) is 17.3 Å². The maximum atomic E-state index is 13.7. The summed E-state index contributed by atoms with van der Waals surface area (Å²) >= 11 is 6.74. The lowest BCUT2D eigenvalue weighted by Crippen LogP contribution is -2.29. The van der Waals surface area contributed by atoms with Crippen LogP contribution in [0.2, 0.25) is 5.02 Å². The molecule has 3 aromatic rings. The van der Waals surface area contributed by atoms with Crippen molar-refractivity contribution in [2.45, 2.75) is 26.4 Å². The number of nitrogens with one attached hydrogen (secondary N) is 1. The van der Waals surface area contributed by atoms with Gasteiger partial charge in [-0.25, -0.2) is 4.79 Å². The Morgan fingerprint density at radius 2 is 1.73 bits per heavy atom. The molecule has 1 heterocycles. The Labute approximate surface area is 220 Å². The van der Waals surface area contributed by atoms with Crippen LogP contribution in [0.4, 0.5) is 0 Å². The molecule has 0 fully saturated rings. The molecule has 3 aromatic carbocycles. The lowest BCUT2D eigenvalue weighted by molar-refractivity contribution is -0.138. The zero-order valence-corrected chi connectivity index (χ0v) is 21.5. The Bertz CT molecular complexity index is 1460. The average molecular weight is 516 g/mol. The van der Waals surface area contributed by atoms with Gasteiger partial charge in [-0.05, 0) is 37.1 Å². The quantitative estimate of drug-likeness (QED) is 0.386. The number of esters is 1. The number of ketones is 1. The molecule has 0 spiro atoms. The Morgan fingerprint density at radius 1 is 1.03 bits per heavy atom. The van der Waals surface area contributed by atoms with E-state index >= 15 is 0 Å². The highest BCUT2D eigenvalue weighted by Gasteiger charge is 2.43. The molecule has 1 N–H and O–H groups in total. The van der Waals surface area contributed by atoms with Gasteiger partial charge in [0.05, 0.1) is 30.0 Å². The van der Waals surface area contributed by atoms with E-state index in [1.807, 2.05) is 55.5 Å². The van der Waals surface area contributed by atoms with E-state index in [0.717, 1.165) is 11.1 Å². The third-order valence-corrected chi connectivity index (χ3v) is 6.84. The molecular formula is C30H26ClNO5. The highest BCUT2D eigenvalue weighted by Crippen LogP contribution is 2.49. The minimum Gasteiger partial charge on any atom is -0.493 e. The highest BCUT2D eigenvalue weighted by atomic mass is 35.5. The van der Waals surface area contributed by atoms with Gasteiger partial charge in [0.1, 0.15) is 6.61 Å². The summed E-state index contributed by atoms with van der Waals surface area (Å²) in [5, 5.41) is 3.61. The van der Waals surface area contributed by atoms with Crippen LogP contribution in [0.15, 0.2) is 83.6 Å². The fourth-order valence-electron chi connectivity index (χ4n) is 4.92. The van der Waals surface area contributed by atoms with Crippen LogP contribution in [0.1, 0.15) is 46.8 Å². The Kier molecular flexibility index (Phi) is 6.76. The summed E-state index contributed by atoms with van der Waals surface area (Å²) in [6.45, 7) is 4.07. The van der Waals surface area contributed by atoms with Crippen molar-refractivity contribution in [3.63, 3.8) is 0 Å². The molecule has 7 heteroatoms. The summed E-state index contributed by atoms with van der Waals surface area (Å²) in [4.78, 5) is 26.8. The molecule has 0 saturated carbocycles. The smallest absolute Gasteiger partial charge is 0.336 e. The molecule has 0 radical (unpaired) electrons. The number of methoxy groups -OCH3 is 1. The van der Waals surface area contributed by atoms with Crippen molar-refractivity contribution in [1.82, 2.24) is 5.32 Å². The maximum absolute atomic E-state index is 13.7. The molecular weight excluding hydrogens is 490 g/mol. The van der Waals surface area contributed by atoms with Crippen LogP contribution >= 0.6 is 11.6 Å². The topological polar surface area (TPSA) is 73.9 Å². The van der Waals surface area contributed by atoms with Crippen molar-refractivity contribution in [3.8, 4) is 11.5 Å². The molecule has 1 aliphatic heterocycles. The zero-order valence-electron chi connectivity index (χ0n) is 20.8. The van der Waals surface area contributed by atoms with Gasteiger partial charge in [0.2, 0.25) is 0 Å². The van der Waals surface area contributed by atoms with Crippen molar-refractivity contribution in [1.29, 1.82) is 0 Å². The molecule has 37 heavy (non-hydrogen) atoms. The monoisotopic (exact) mass is 515 g/mol. The average Bonchev–Trinajstić information content (AvgIpc) is 3.18. The minimum absolute atomic E-state index is 0.142. The van der Waals surface area contributed by atoms with E-state index in [1.165, 1.54) is 7.11 Å². The molecule has 0 amide bonds. The molecule has 1 atom stereocenters. The van der Waals surface area contributed by atoms with E-state index < -0.39 is 11.9 Å². The number of halogens is 1. The van der Waals surface area contributed by atoms with E-state index in [2.05, 4.69) is 5.32 Å². The molecule has 188 valence electrons. The summed E-state index contributed by atoms with van der Waals surface area (Å²) in [6, 6.07) is 20.6. The molecule has 0 aromatic heterocycles. The second-order valence-corrected chi connectivity index (χ2v) is 9.20. The van der Waals surface area contributed by atoms with Crippen molar-refractivity contribution < 1.29 is 23.8 Å². The lowest BCUT2D eigenvalue weighted by Gasteiger charge is -2.29. The van der Waals surface area contributed by atoms with Gasteiger partial charge in [-0.3, -0.25) is 4.79 Å². The predicted molar refractivity (Wildman–Crippen MR) is 142 cm³/mol. The van der Waals surface area contributed by atoms with Gasteiger partial charge in [-0.1, -0.05) is 66.2 Å². The number of carbonyl (C=O) groups excluding carboxylic acids is 2. The highest BCUT2D eigenvalue weighted by molar-refractivity contribution is 6.32. The van der Waals surface area contributed by atoms with Gasteiger partial charge in [-0.2, -0.15) is 0 Å². The first-order valence-electron chi connectivity index (χ1n) is 12.0. The van der Waals surface area contributed by atoms with E-state index in [1.54, 1.807) is 25.1 Å². The Balaban J connectivity index is 1.62. The van der Waals surface area contributed by atoms with Crippen LogP contribution in [0, 0.1) is 0 Å². The van der Waals surface area contributed by atoms with E-state index in [9.17, 15) is 9.59 Å². The number of allylic oxidation sites excluding steroid dienone is 2. The first-order chi connectivity index (χ1) is 17.9. The van der Waals surface area contributed by atoms with Gasteiger partial charge in [-0.15, -0.1) is 0 Å². The summed E-state index contributed by atoms with van der Waals surface area (Å²) < 4.78 is 17.1. The zero-order chi connectivity index (χ0) is 26.1. The van der Waals surface area contributed by atoms with Gasteiger partial charge in [0, 0.05) is 28.3 Å². The third-order valence-electron chi connectivity index (χ3n) is 6.56. The van der Waals surface area contributed by atoms with E-state index in [4.69, 9.17) is 25.8 Å². The van der Waals surface area contributed by atoms with Crippen molar-refractivity contribution in [3.05, 3.63) is 111 Å². The van der Waals surface area contributed by atoms with Crippen LogP contribution in [0.25, 0.3) is 5.70 Å². The SMILES string of the molecule is CCOC(=O)C1=C(C)NC2=C(C(=O)c3ccccc32)[C@@H]1c1cc(Cl)c(OCc2ccccc2)c(OC)c1. The van der Waals surface area contributed by atoms with E-state index in [0.29, 0.717) is 56.8 Å². The fourth-order valence-corrected chi connectivity index (χ4v) is 5.19. The number of fused-ring (bicyclic) bond motifs is 2. The molecule has 0 bridgehead atoms. The Morgan fingerprint density at radius 3 is 2.43 bits per heavy atom. The minimum atomic E-state index is -0.704. The molecule has 1 aliphatic carbocycles. The van der Waals surface area contributed by atoms with Crippen molar-refractivity contribution in [2.75, 3.05) is 13.7 Å². The van der Waals surface area contributed by atoms with Crippen LogP contribution in [0.5, 0.6) is 11.5 Å². The summed E-state index contributed by atoms with van der Waals surface area (Å²) in [7, 11) is 1.53. The maximum Gasteiger partial charge on any atom is 0.336 e. The van der Waals surface area contributed by atoms with Crippen LogP contribution in [-0.2, 0) is 16.1 Å². The third kappa shape index (κ3) is 4.38. The van der Waals surface area contributed by atoms with Gasteiger partial charge in [0.25, 0.3) is 0 Å². The standard InChI is InChI=1S/C30H26ClNO5/c1-4-36-30(34)24-17(2)32-27-20-12-8-9-13-21(20)28(33)26(27)25(24)19-14-22(31)29(23(15-19)35-3)37-16-18-10-6-5-7-11-18/h5-15,25,32H,4,16H2,1-3H3/t25-/m1/s1. The fraction of sp³-hybridized carbons (Fsp3) is 0.200. The lowest BCUT2D eigenvalue weighted by atomic mass is 9.79. The predicted octanol–water partition coefficient (Wildman–Crippen LogP) is 6.06. The molecule has 0 saturated heterocycles. The first kappa shape index (κ1) is 24.7. The number of hydrogen-bond donors (Lipinski definition) is 1. The number of benzene rings is 3. The van der Waals surface area contributed by atoms with Crippen LogP contribution in [0.3, 0.4) is 0 Å². The summed E-state index contributed by atoms with van der Waals surface area (Å²) in [5.74, 6) is -0.545. The number of carbonyl (C=O) groups is 2. The van der Waals surface area contributed by atoms with Gasteiger partial charge < -0.3 is 19.5 Å². The number of dihydropyridines is 1. The number of ether oxygens (including phenoxy) is 3. The van der Waals surface area contributed by atoms with Gasteiger partial charge >= 0.3 is 5.97 Å².